The molecule has 7 aromatic rings. The van der Waals surface area contributed by atoms with Crippen LogP contribution in [-0.4, -0.2) is 13.7 Å². The average Bonchev–Trinajstić information content (AvgIpc) is 3.74. The molecule has 0 spiro atoms. The largest absolute Gasteiger partial charge is 0.313 e. The summed E-state index contributed by atoms with van der Waals surface area (Å²) in [4.78, 5) is 0. The Bertz CT molecular complexity index is 2530. The van der Waals surface area contributed by atoms with Crippen LogP contribution in [0.25, 0.3) is 77.7 Å². The molecule has 47 heavy (non-hydrogen) atoms. The van der Waals surface area contributed by atoms with E-state index in [1.165, 1.54) is 60.4 Å². The van der Waals surface area contributed by atoms with Crippen molar-refractivity contribution < 1.29 is 0 Å². The molecule has 1 aliphatic rings. The molecule has 1 aliphatic carbocycles. The molecule has 0 radical (unpaired) electrons. The second-order valence-corrected chi connectivity index (χ2v) is 12.4. The molecule has 0 fully saturated rings. The second-order valence-electron chi connectivity index (χ2n) is 12.4. The van der Waals surface area contributed by atoms with Crippen LogP contribution in [0.3, 0.4) is 0 Å². The molecule has 0 aliphatic heterocycles. The lowest BCUT2D eigenvalue weighted by Gasteiger charge is -2.15. The monoisotopic (exact) mass is 609 g/mol. The fourth-order valence-electron chi connectivity index (χ4n) is 7.68. The van der Waals surface area contributed by atoms with Crippen molar-refractivity contribution in [2.75, 3.05) is 0 Å². The van der Waals surface area contributed by atoms with Gasteiger partial charge in [0, 0.05) is 49.7 Å². The van der Waals surface area contributed by atoms with Gasteiger partial charge in [0.25, 0.3) is 0 Å². The van der Waals surface area contributed by atoms with Gasteiger partial charge in [-0.25, -0.2) is 0 Å². The molecule has 0 amide bonds. The van der Waals surface area contributed by atoms with Gasteiger partial charge in [0.05, 0.1) is 27.6 Å². The maximum absolute atomic E-state index is 4.74. The lowest BCUT2D eigenvalue weighted by molar-refractivity contribution is 0.974. The van der Waals surface area contributed by atoms with E-state index in [9.17, 15) is 0 Å². The van der Waals surface area contributed by atoms with Crippen molar-refractivity contribution in [3.8, 4) is 0 Å². The van der Waals surface area contributed by atoms with Gasteiger partial charge < -0.3 is 13.7 Å². The number of hydrogen-bond donors (Lipinski definition) is 0. The molecular weight excluding hydrogens is 571 g/mol. The van der Waals surface area contributed by atoms with Crippen LogP contribution in [0.4, 0.5) is 0 Å². The molecule has 0 saturated carbocycles. The highest BCUT2D eigenvalue weighted by Crippen LogP contribution is 2.42. The normalized spacial score (nSPS) is 14.3. The van der Waals surface area contributed by atoms with Crippen molar-refractivity contribution in [3.63, 3.8) is 0 Å². The topological polar surface area (TPSA) is 14.8 Å². The van der Waals surface area contributed by atoms with Crippen molar-refractivity contribution in [1.29, 1.82) is 0 Å². The van der Waals surface area contributed by atoms with Gasteiger partial charge >= 0.3 is 0 Å². The van der Waals surface area contributed by atoms with Crippen LogP contribution < -0.4 is 0 Å². The minimum absolute atomic E-state index is 0.930. The summed E-state index contributed by atoms with van der Waals surface area (Å²) in [5, 5.41) is 6.37. The number of benzene rings is 4. The highest BCUT2D eigenvalue weighted by Gasteiger charge is 2.22. The molecule has 3 nitrogen and oxygen atoms in total. The molecule has 3 heteroatoms. The summed E-state index contributed by atoms with van der Waals surface area (Å²) >= 11 is 0. The number of hydrogen-bond acceptors (Lipinski definition) is 0. The smallest absolute Gasteiger partial charge is 0.0548 e. The molecule has 0 atom stereocenters. The van der Waals surface area contributed by atoms with E-state index >= 15 is 0 Å². The van der Waals surface area contributed by atoms with Gasteiger partial charge in [-0.2, -0.15) is 0 Å². The molecule has 4 aromatic carbocycles. The highest BCUT2D eigenvalue weighted by molar-refractivity contribution is 6.29. The Morgan fingerprint density at radius 1 is 0.745 bits per heavy atom. The van der Waals surface area contributed by atoms with Crippen LogP contribution in [0.1, 0.15) is 44.9 Å². The van der Waals surface area contributed by atoms with Crippen LogP contribution in [0.5, 0.6) is 0 Å². The van der Waals surface area contributed by atoms with E-state index in [4.69, 9.17) is 6.58 Å². The average molecular weight is 610 g/mol. The van der Waals surface area contributed by atoms with Crippen LogP contribution in [0.2, 0.25) is 0 Å². The number of para-hydroxylation sites is 3. The van der Waals surface area contributed by atoms with Crippen molar-refractivity contribution in [2.45, 2.75) is 40.0 Å². The quantitative estimate of drug-likeness (QED) is 0.160. The zero-order valence-electron chi connectivity index (χ0n) is 27.4. The van der Waals surface area contributed by atoms with Gasteiger partial charge in [0.2, 0.25) is 0 Å². The van der Waals surface area contributed by atoms with Crippen LogP contribution in [0, 0.1) is 0 Å². The van der Waals surface area contributed by atoms with Crippen LogP contribution >= 0.6 is 0 Å². The van der Waals surface area contributed by atoms with E-state index in [1.54, 1.807) is 0 Å². The Morgan fingerprint density at radius 3 is 2.00 bits per heavy atom. The lowest BCUT2D eigenvalue weighted by atomic mass is 10.0. The molecule has 0 bridgehead atoms. The zero-order valence-corrected chi connectivity index (χ0v) is 27.4. The summed E-state index contributed by atoms with van der Waals surface area (Å²) in [7, 11) is 0. The standard InChI is InChI=1S/C44H39N3/c1-5-7-8-18-30(3)45-39-25-15-11-21-35(39)43-41(45)27-28-42-44(43)36-22-12-16-26-40(36)46(42)31(4)29-32(17-6-2)47-37-23-13-9-19-33(37)34-20-10-14-24-38(34)47/h6-9,11-19,21-29H,4-5,10,20H2,1-3H3/b8-7-,17-6-,30-18+,32-29+. The first-order valence-electron chi connectivity index (χ1n) is 16.7. The van der Waals surface area contributed by atoms with E-state index in [0.717, 1.165) is 41.7 Å². The van der Waals surface area contributed by atoms with Gasteiger partial charge in [0.1, 0.15) is 0 Å². The predicted octanol–water partition coefficient (Wildman–Crippen LogP) is 12.2. The SMILES string of the molecule is C=C(/C=C(\C=C/C)n1c2c(c3ccccc31)CCC=C2)n1c2ccccc2c2c3c4ccccc4n(/C(C)=C/C=C\CC)c3ccc21. The molecule has 230 valence electrons. The van der Waals surface area contributed by atoms with Crippen molar-refractivity contribution in [2.24, 2.45) is 0 Å². The fourth-order valence-corrected chi connectivity index (χ4v) is 7.68. The summed E-state index contributed by atoms with van der Waals surface area (Å²) < 4.78 is 7.16. The van der Waals surface area contributed by atoms with Gasteiger partial charge in [-0.05, 0) is 93.3 Å². The highest BCUT2D eigenvalue weighted by atomic mass is 15.0. The predicted molar refractivity (Wildman–Crippen MR) is 206 cm³/mol. The number of nitrogens with zero attached hydrogens (tertiary/aromatic N) is 3. The minimum atomic E-state index is 0.930. The first-order chi connectivity index (χ1) is 23.1. The molecule has 8 rings (SSSR count). The van der Waals surface area contributed by atoms with Gasteiger partial charge in [-0.1, -0.05) is 92.4 Å². The summed E-state index contributed by atoms with van der Waals surface area (Å²) in [5.41, 5.74) is 11.9. The van der Waals surface area contributed by atoms with E-state index in [0.29, 0.717) is 0 Å². The second kappa shape index (κ2) is 11.7. The number of allylic oxidation sites excluding steroid dienone is 10. The number of aryl methyl sites for hydroxylation is 1. The molecule has 0 saturated heterocycles. The summed E-state index contributed by atoms with van der Waals surface area (Å²) in [6.07, 6.45) is 20.9. The number of rotatable bonds is 7. The lowest BCUT2D eigenvalue weighted by Crippen LogP contribution is -2.02. The summed E-state index contributed by atoms with van der Waals surface area (Å²) in [6, 6.07) is 30.9. The summed E-state index contributed by atoms with van der Waals surface area (Å²) in [6.45, 7) is 11.2. The zero-order chi connectivity index (χ0) is 32.1. The van der Waals surface area contributed by atoms with Gasteiger partial charge in [0.15, 0.2) is 0 Å². The van der Waals surface area contributed by atoms with Crippen molar-refractivity contribution >= 4 is 77.7 Å². The molecule has 3 aromatic heterocycles. The van der Waals surface area contributed by atoms with Crippen LogP contribution in [0.15, 0.2) is 134 Å². The van der Waals surface area contributed by atoms with Gasteiger partial charge in [-0.3, -0.25) is 0 Å². The first kappa shape index (κ1) is 28.9. The first-order valence-corrected chi connectivity index (χ1v) is 16.7. The number of aromatic nitrogens is 3. The Hall–Kier alpha value is -5.54. The Kier molecular flexibility index (Phi) is 7.18. The third kappa shape index (κ3) is 4.49. The Morgan fingerprint density at radius 2 is 1.34 bits per heavy atom. The van der Waals surface area contributed by atoms with E-state index in [-0.39, 0.29) is 0 Å². The van der Waals surface area contributed by atoms with Crippen molar-refractivity contribution in [3.05, 3.63) is 145 Å². The third-order valence-corrected chi connectivity index (χ3v) is 9.59. The van der Waals surface area contributed by atoms with E-state index in [2.05, 4.69) is 168 Å². The third-order valence-electron chi connectivity index (χ3n) is 9.59. The molecule has 3 heterocycles. The van der Waals surface area contributed by atoms with Crippen LogP contribution in [-0.2, 0) is 6.42 Å². The molecular formula is C44H39N3. The number of fused-ring (bicyclic) bond motifs is 10. The minimum Gasteiger partial charge on any atom is -0.313 e. The van der Waals surface area contributed by atoms with Crippen molar-refractivity contribution in [1.82, 2.24) is 13.7 Å². The summed E-state index contributed by atoms with van der Waals surface area (Å²) in [5.74, 6) is 0. The van der Waals surface area contributed by atoms with E-state index < -0.39 is 0 Å². The maximum Gasteiger partial charge on any atom is 0.0548 e. The maximum atomic E-state index is 4.74. The van der Waals surface area contributed by atoms with Gasteiger partial charge in [-0.15, -0.1) is 0 Å². The molecule has 0 N–H and O–H groups in total. The van der Waals surface area contributed by atoms with E-state index in [1.807, 2.05) is 0 Å². The Balaban J connectivity index is 1.40. The fraction of sp³-hybridized carbons (Fsp3) is 0.136. The molecule has 0 unspecified atom stereocenters. The Labute approximate surface area is 276 Å².